The van der Waals surface area contributed by atoms with E-state index in [1.807, 2.05) is 24.3 Å². The minimum atomic E-state index is -3.66. The van der Waals surface area contributed by atoms with E-state index in [2.05, 4.69) is 20.9 Å². The highest BCUT2D eigenvalue weighted by Gasteiger charge is 2.22. The van der Waals surface area contributed by atoms with Crippen LogP contribution in [0.4, 0.5) is 4.39 Å². The molecule has 1 heterocycles. The molecule has 0 spiro atoms. The molecule has 31 heavy (non-hydrogen) atoms. The van der Waals surface area contributed by atoms with Gasteiger partial charge in [-0.2, -0.15) is 0 Å². The molecule has 0 bridgehead atoms. The molecule has 0 radical (unpaired) electrons. The van der Waals surface area contributed by atoms with Gasteiger partial charge >= 0.3 is 0 Å². The number of ketones is 1. The Morgan fingerprint density at radius 3 is 2.35 bits per heavy atom. The Hall–Kier alpha value is -2.32. The van der Waals surface area contributed by atoms with E-state index in [4.69, 9.17) is 4.42 Å². The van der Waals surface area contributed by atoms with Gasteiger partial charge in [-0.3, -0.25) is 4.79 Å². The van der Waals surface area contributed by atoms with Crippen LogP contribution in [0.3, 0.4) is 0 Å². The maximum Gasteiger partial charge on any atom is 0.226 e. The predicted molar refractivity (Wildman–Crippen MR) is 121 cm³/mol. The Labute approximate surface area is 189 Å². The highest BCUT2D eigenvalue weighted by Crippen LogP contribution is 2.24. The number of oxazole rings is 1. The first-order valence-electron chi connectivity index (χ1n) is 9.84. The normalized spacial score (nSPS) is 11.6. The Balaban J connectivity index is 1.56. The molecule has 0 unspecified atom stereocenters. The number of hydrogen-bond donors (Lipinski definition) is 0. The van der Waals surface area contributed by atoms with Gasteiger partial charge in [0.1, 0.15) is 23.1 Å². The third-order valence-electron chi connectivity index (χ3n) is 4.82. The summed E-state index contributed by atoms with van der Waals surface area (Å²) >= 11 is 3.39. The maximum atomic E-state index is 12.9. The zero-order valence-electron chi connectivity index (χ0n) is 17.1. The van der Waals surface area contributed by atoms with Crippen LogP contribution >= 0.6 is 15.9 Å². The van der Waals surface area contributed by atoms with E-state index >= 15 is 0 Å². The number of carbonyl (C=O) groups excluding carboxylic acids is 1. The van der Waals surface area contributed by atoms with Crippen LogP contribution in [0.1, 0.15) is 35.4 Å². The summed E-state index contributed by atoms with van der Waals surface area (Å²) in [5.41, 5.74) is 3.09. The SMILES string of the molecule is Cc1oc(-c2ccc(CBr)cc2)nc1CS(=O)(=O)CC(=O)CCCc1ccc(F)cc1. The lowest BCUT2D eigenvalue weighted by Gasteiger charge is -2.04. The van der Waals surface area contributed by atoms with E-state index in [1.54, 1.807) is 19.1 Å². The first kappa shape index (κ1) is 23.3. The van der Waals surface area contributed by atoms with Crippen LogP contribution in [0.2, 0.25) is 0 Å². The lowest BCUT2D eigenvalue weighted by molar-refractivity contribution is -0.116. The summed E-state index contributed by atoms with van der Waals surface area (Å²) in [6, 6.07) is 13.7. The summed E-state index contributed by atoms with van der Waals surface area (Å²) in [5.74, 6) is -0.743. The van der Waals surface area contributed by atoms with Gasteiger partial charge in [0, 0.05) is 17.3 Å². The number of halogens is 2. The first-order valence-corrected chi connectivity index (χ1v) is 12.8. The average molecular weight is 508 g/mol. The molecule has 0 N–H and O–H groups in total. The van der Waals surface area contributed by atoms with Crippen LogP contribution in [0.25, 0.3) is 11.5 Å². The van der Waals surface area contributed by atoms with Crippen LogP contribution in [-0.4, -0.2) is 24.9 Å². The molecule has 0 aliphatic carbocycles. The van der Waals surface area contributed by atoms with Crippen molar-refractivity contribution in [2.24, 2.45) is 0 Å². The monoisotopic (exact) mass is 507 g/mol. The number of benzene rings is 2. The summed E-state index contributed by atoms with van der Waals surface area (Å²) in [5, 5.41) is 0.735. The number of Topliss-reactive ketones (excluding diaryl/α,β-unsaturated/α-hetero) is 1. The van der Waals surface area contributed by atoms with E-state index in [0.29, 0.717) is 30.2 Å². The molecule has 1 aromatic heterocycles. The standard InChI is InChI=1S/C23H23BrFNO4S/c1-16-22(26-23(30-16)19-9-5-18(13-24)6-10-19)15-31(28,29)14-21(27)4-2-3-17-7-11-20(25)12-8-17/h5-12H,2-4,13-15H2,1H3. The number of nitrogens with zero attached hydrogens (tertiary/aromatic N) is 1. The van der Waals surface area contributed by atoms with Crippen molar-refractivity contribution in [2.75, 3.05) is 5.75 Å². The molecule has 0 fully saturated rings. The molecule has 2 aromatic carbocycles. The van der Waals surface area contributed by atoms with Gasteiger partial charge in [-0.25, -0.2) is 17.8 Å². The summed E-state index contributed by atoms with van der Waals surface area (Å²) in [4.78, 5) is 16.5. The van der Waals surface area contributed by atoms with Crippen molar-refractivity contribution in [2.45, 2.75) is 37.3 Å². The van der Waals surface area contributed by atoms with Crippen molar-refractivity contribution in [3.05, 3.63) is 76.9 Å². The van der Waals surface area contributed by atoms with E-state index in [9.17, 15) is 17.6 Å². The third kappa shape index (κ3) is 6.83. The molecular weight excluding hydrogens is 485 g/mol. The molecule has 3 rings (SSSR count). The van der Waals surface area contributed by atoms with Crippen molar-refractivity contribution >= 4 is 31.6 Å². The topological polar surface area (TPSA) is 77.2 Å². The van der Waals surface area contributed by atoms with Gasteiger partial charge < -0.3 is 4.42 Å². The summed E-state index contributed by atoms with van der Waals surface area (Å²) in [6.07, 6.45) is 1.25. The molecule has 0 amide bonds. The van der Waals surface area contributed by atoms with Crippen LogP contribution in [0.5, 0.6) is 0 Å². The third-order valence-corrected chi connectivity index (χ3v) is 6.94. The van der Waals surface area contributed by atoms with E-state index in [1.165, 1.54) is 12.1 Å². The summed E-state index contributed by atoms with van der Waals surface area (Å²) < 4.78 is 43.6. The minimum absolute atomic E-state index is 0.152. The second-order valence-corrected chi connectivity index (χ2v) is 10.0. The molecule has 0 aliphatic rings. The van der Waals surface area contributed by atoms with Crippen molar-refractivity contribution in [3.63, 3.8) is 0 Å². The van der Waals surface area contributed by atoms with E-state index < -0.39 is 15.6 Å². The smallest absolute Gasteiger partial charge is 0.226 e. The lowest BCUT2D eigenvalue weighted by atomic mass is 10.1. The number of aromatic nitrogens is 1. The number of carbonyl (C=O) groups is 1. The lowest BCUT2D eigenvalue weighted by Crippen LogP contribution is -2.18. The van der Waals surface area contributed by atoms with Gasteiger partial charge in [-0.15, -0.1) is 0 Å². The molecule has 5 nitrogen and oxygen atoms in total. The number of alkyl halides is 1. The van der Waals surface area contributed by atoms with Gasteiger partial charge in [-0.1, -0.05) is 40.2 Å². The Kier molecular flexibility index (Phi) is 7.78. The zero-order chi connectivity index (χ0) is 22.4. The van der Waals surface area contributed by atoms with Gasteiger partial charge in [0.05, 0.1) is 11.4 Å². The van der Waals surface area contributed by atoms with Crippen LogP contribution in [0, 0.1) is 12.7 Å². The molecule has 8 heteroatoms. The fraction of sp³-hybridized carbons (Fsp3) is 0.304. The molecule has 0 aliphatic heterocycles. The van der Waals surface area contributed by atoms with Crippen molar-refractivity contribution in [3.8, 4) is 11.5 Å². The molecule has 3 aromatic rings. The second kappa shape index (κ2) is 10.3. The molecule has 0 saturated carbocycles. The Morgan fingerprint density at radius 1 is 1.06 bits per heavy atom. The quantitative estimate of drug-likeness (QED) is 0.353. The van der Waals surface area contributed by atoms with Crippen LogP contribution in [0.15, 0.2) is 52.9 Å². The van der Waals surface area contributed by atoms with Crippen molar-refractivity contribution < 1.29 is 22.0 Å². The van der Waals surface area contributed by atoms with Gasteiger partial charge in [-0.05, 0) is 55.2 Å². The predicted octanol–water partition coefficient (Wildman–Crippen LogP) is 5.19. The minimum Gasteiger partial charge on any atom is -0.441 e. The van der Waals surface area contributed by atoms with E-state index in [-0.39, 0.29) is 23.8 Å². The zero-order valence-corrected chi connectivity index (χ0v) is 19.5. The number of rotatable bonds is 10. The molecule has 164 valence electrons. The maximum absolute atomic E-state index is 12.9. The van der Waals surface area contributed by atoms with Crippen LogP contribution < -0.4 is 0 Å². The van der Waals surface area contributed by atoms with Gasteiger partial charge in [0.2, 0.25) is 5.89 Å². The Morgan fingerprint density at radius 2 is 1.71 bits per heavy atom. The molecular formula is C23H23BrFNO4S. The largest absolute Gasteiger partial charge is 0.441 e. The fourth-order valence-electron chi connectivity index (χ4n) is 3.14. The highest BCUT2D eigenvalue weighted by atomic mass is 79.9. The van der Waals surface area contributed by atoms with Crippen LogP contribution in [-0.2, 0) is 32.1 Å². The summed E-state index contributed by atoms with van der Waals surface area (Å²) in [7, 11) is -3.66. The Bertz CT molecular complexity index is 1140. The van der Waals surface area contributed by atoms with E-state index in [0.717, 1.165) is 22.0 Å². The number of sulfone groups is 1. The highest BCUT2D eigenvalue weighted by molar-refractivity contribution is 9.08. The summed E-state index contributed by atoms with van der Waals surface area (Å²) in [6.45, 7) is 1.67. The first-order chi connectivity index (χ1) is 14.8. The number of aryl methyl sites for hydroxylation is 2. The molecule has 0 atom stereocenters. The number of hydrogen-bond acceptors (Lipinski definition) is 5. The van der Waals surface area contributed by atoms with Gasteiger partial charge in [0.15, 0.2) is 9.84 Å². The fourth-order valence-corrected chi connectivity index (χ4v) is 4.93. The molecule has 0 saturated heterocycles. The second-order valence-electron chi connectivity index (χ2n) is 7.40. The van der Waals surface area contributed by atoms with Crippen molar-refractivity contribution in [1.82, 2.24) is 4.98 Å². The average Bonchev–Trinajstić information content (AvgIpc) is 3.08. The van der Waals surface area contributed by atoms with Crippen molar-refractivity contribution in [1.29, 1.82) is 0 Å². The van der Waals surface area contributed by atoms with Gasteiger partial charge in [0.25, 0.3) is 0 Å².